The normalized spacial score (nSPS) is 12.2. The van der Waals surface area contributed by atoms with Gasteiger partial charge in [0.15, 0.2) is 5.82 Å². The summed E-state index contributed by atoms with van der Waals surface area (Å²) >= 11 is 0. The van der Waals surface area contributed by atoms with E-state index in [-0.39, 0.29) is 0 Å². The van der Waals surface area contributed by atoms with Crippen LogP contribution >= 0.6 is 0 Å². The highest BCUT2D eigenvalue weighted by molar-refractivity contribution is 6.39. The molecule has 4 heterocycles. The lowest BCUT2D eigenvalue weighted by Gasteiger charge is -2.14. The monoisotopic (exact) mass is 853 g/mol. The molecule has 0 radical (unpaired) electrons. The van der Waals surface area contributed by atoms with Crippen molar-refractivity contribution in [2.45, 2.75) is 0 Å². The van der Waals surface area contributed by atoms with Gasteiger partial charge in [0.05, 0.1) is 22.4 Å². The van der Waals surface area contributed by atoms with Crippen molar-refractivity contribution < 1.29 is 8.83 Å². The molecule has 15 rings (SSSR count). The molecule has 0 atom stereocenters. The Balaban J connectivity index is 0.968. The van der Waals surface area contributed by atoms with Gasteiger partial charge in [-0.2, -0.15) is 0 Å². The standard InChI is InChI=1S/C62H35N3O2/c1-2-14-36(15-3-1)62-63-50(35-51(64-62)47-25-11-24-46-43-20-6-8-27-54(43)67-61(46)47)39-17-10-18-40(32-39)65-52-26-12-23-44-49-33-38(41-22-13-29-56-57(41)48-21-7-9-28-55(48)66-56)30-31-45(49)58-42-19-5-4-16-37(42)34-53(65)60(58)59(44)52/h1-35H. The summed E-state index contributed by atoms with van der Waals surface area (Å²) in [5, 5.41) is 14.4. The average Bonchev–Trinajstić information content (AvgIpc) is 4.08. The van der Waals surface area contributed by atoms with Gasteiger partial charge < -0.3 is 13.4 Å². The van der Waals surface area contributed by atoms with Gasteiger partial charge in [-0.3, -0.25) is 0 Å². The van der Waals surface area contributed by atoms with Crippen LogP contribution in [0.15, 0.2) is 221 Å². The predicted octanol–water partition coefficient (Wildman–Crippen LogP) is 16.9. The lowest BCUT2D eigenvalue weighted by Crippen LogP contribution is -1.98. The molecule has 67 heavy (non-hydrogen) atoms. The Bertz CT molecular complexity index is 4520. The second kappa shape index (κ2) is 13.7. The molecule has 0 aliphatic rings. The zero-order valence-corrected chi connectivity index (χ0v) is 35.9. The number of hydrogen-bond donors (Lipinski definition) is 0. The number of para-hydroxylation sites is 3. The van der Waals surface area contributed by atoms with Gasteiger partial charge in [-0.1, -0.05) is 152 Å². The molecule has 0 aliphatic carbocycles. The summed E-state index contributed by atoms with van der Waals surface area (Å²) in [5.74, 6) is 0.657. The van der Waals surface area contributed by atoms with E-state index < -0.39 is 0 Å². The Hall–Kier alpha value is -9.06. The van der Waals surface area contributed by atoms with Gasteiger partial charge in [0, 0.05) is 60.1 Å². The molecule has 0 amide bonds. The quantitative estimate of drug-likeness (QED) is 0.162. The highest BCUT2D eigenvalue weighted by Gasteiger charge is 2.24. The molecule has 11 aromatic carbocycles. The molecule has 4 aromatic heterocycles. The maximum atomic E-state index is 6.55. The van der Waals surface area contributed by atoms with Crippen LogP contribution in [-0.2, 0) is 0 Å². The van der Waals surface area contributed by atoms with E-state index in [9.17, 15) is 0 Å². The molecule has 0 bridgehead atoms. The fourth-order valence-electron chi connectivity index (χ4n) is 11.0. The average molecular weight is 854 g/mol. The van der Waals surface area contributed by atoms with Gasteiger partial charge in [0.25, 0.3) is 0 Å². The van der Waals surface area contributed by atoms with Crippen LogP contribution in [-0.4, -0.2) is 14.5 Å². The Morgan fingerprint density at radius 1 is 0.328 bits per heavy atom. The van der Waals surface area contributed by atoms with Gasteiger partial charge in [-0.15, -0.1) is 0 Å². The summed E-state index contributed by atoms with van der Waals surface area (Å²) in [4.78, 5) is 10.5. The van der Waals surface area contributed by atoms with E-state index in [1.165, 1.54) is 54.2 Å². The summed E-state index contributed by atoms with van der Waals surface area (Å²) in [6.07, 6.45) is 0. The van der Waals surface area contributed by atoms with Crippen LogP contribution in [0.1, 0.15) is 0 Å². The molecule has 0 saturated carbocycles. The third-order valence-electron chi connectivity index (χ3n) is 13.9. The summed E-state index contributed by atoms with van der Waals surface area (Å²) in [6.45, 7) is 0. The van der Waals surface area contributed by atoms with E-state index in [0.29, 0.717) is 5.82 Å². The molecule has 310 valence electrons. The molecular formula is C62H35N3O2. The first-order chi connectivity index (χ1) is 33.2. The smallest absolute Gasteiger partial charge is 0.160 e. The molecule has 0 fully saturated rings. The highest BCUT2D eigenvalue weighted by atomic mass is 16.3. The van der Waals surface area contributed by atoms with Gasteiger partial charge in [-0.05, 0) is 98.7 Å². The minimum atomic E-state index is 0.657. The fraction of sp³-hybridized carbons (Fsp3) is 0. The number of hydrogen-bond acceptors (Lipinski definition) is 4. The van der Waals surface area contributed by atoms with E-state index >= 15 is 0 Å². The number of benzene rings is 11. The number of aromatic nitrogens is 3. The van der Waals surface area contributed by atoms with Crippen molar-refractivity contribution in [3.05, 3.63) is 212 Å². The Morgan fingerprint density at radius 3 is 1.91 bits per heavy atom. The van der Waals surface area contributed by atoms with Crippen molar-refractivity contribution in [2.24, 2.45) is 0 Å². The van der Waals surface area contributed by atoms with E-state index in [1.807, 2.05) is 36.4 Å². The largest absolute Gasteiger partial charge is 0.456 e. The lowest BCUT2D eigenvalue weighted by molar-refractivity contribution is 0.669. The van der Waals surface area contributed by atoms with Crippen LogP contribution in [0.25, 0.3) is 149 Å². The van der Waals surface area contributed by atoms with Gasteiger partial charge >= 0.3 is 0 Å². The third kappa shape index (κ3) is 5.25. The highest BCUT2D eigenvalue weighted by Crippen LogP contribution is 2.48. The van der Waals surface area contributed by atoms with Crippen LogP contribution in [0.5, 0.6) is 0 Å². The molecular weight excluding hydrogens is 819 g/mol. The fourth-order valence-corrected chi connectivity index (χ4v) is 11.0. The van der Waals surface area contributed by atoms with Crippen LogP contribution in [0.3, 0.4) is 0 Å². The Labute approximate surface area is 382 Å². The minimum absolute atomic E-state index is 0.657. The topological polar surface area (TPSA) is 57.0 Å². The molecule has 0 spiro atoms. The van der Waals surface area contributed by atoms with Gasteiger partial charge in [0.1, 0.15) is 22.3 Å². The van der Waals surface area contributed by atoms with E-state index in [1.54, 1.807) is 0 Å². The number of rotatable bonds is 5. The molecule has 5 nitrogen and oxygen atoms in total. The van der Waals surface area contributed by atoms with Crippen LogP contribution in [0.4, 0.5) is 0 Å². The molecule has 5 heteroatoms. The maximum Gasteiger partial charge on any atom is 0.160 e. The minimum Gasteiger partial charge on any atom is -0.456 e. The van der Waals surface area contributed by atoms with Crippen LogP contribution < -0.4 is 0 Å². The van der Waals surface area contributed by atoms with Crippen molar-refractivity contribution in [3.63, 3.8) is 0 Å². The van der Waals surface area contributed by atoms with Gasteiger partial charge in [0.2, 0.25) is 0 Å². The van der Waals surface area contributed by atoms with Crippen molar-refractivity contribution in [1.29, 1.82) is 0 Å². The Morgan fingerprint density at radius 2 is 1.00 bits per heavy atom. The van der Waals surface area contributed by atoms with E-state index in [2.05, 4.69) is 180 Å². The molecule has 0 unspecified atom stereocenters. The number of nitrogens with zero attached hydrogens (tertiary/aromatic N) is 3. The predicted molar refractivity (Wildman–Crippen MR) is 276 cm³/mol. The molecule has 15 aromatic rings. The summed E-state index contributed by atoms with van der Waals surface area (Å²) in [5.41, 5.74) is 13.7. The first kappa shape index (κ1) is 36.3. The Kier molecular flexibility index (Phi) is 7.44. The zero-order chi connectivity index (χ0) is 43.7. The first-order valence-corrected chi connectivity index (χ1v) is 22.7. The molecule has 0 saturated heterocycles. The summed E-state index contributed by atoms with van der Waals surface area (Å²) in [7, 11) is 0. The summed E-state index contributed by atoms with van der Waals surface area (Å²) in [6, 6.07) is 75.4. The third-order valence-corrected chi connectivity index (χ3v) is 13.9. The second-order valence-corrected chi connectivity index (χ2v) is 17.6. The van der Waals surface area contributed by atoms with E-state index in [0.717, 1.165) is 88.7 Å². The second-order valence-electron chi connectivity index (χ2n) is 17.6. The van der Waals surface area contributed by atoms with Crippen molar-refractivity contribution in [3.8, 4) is 50.7 Å². The lowest BCUT2D eigenvalue weighted by atomic mass is 9.89. The van der Waals surface area contributed by atoms with E-state index in [4.69, 9.17) is 18.8 Å². The summed E-state index contributed by atoms with van der Waals surface area (Å²) < 4.78 is 15.4. The first-order valence-electron chi connectivity index (χ1n) is 22.7. The van der Waals surface area contributed by atoms with Crippen molar-refractivity contribution >= 4 is 98.0 Å². The van der Waals surface area contributed by atoms with Crippen molar-refractivity contribution in [2.75, 3.05) is 0 Å². The van der Waals surface area contributed by atoms with Gasteiger partial charge in [-0.25, -0.2) is 9.97 Å². The number of fused-ring (bicyclic) bond motifs is 11. The van der Waals surface area contributed by atoms with Crippen molar-refractivity contribution in [1.82, 2.24) is 14.5 Å². The molecule has 0 N–H and O–H groups in total. The number of furan rings is 2. The molecule has 0 aliphatic heterocycles. The maximum absolute atomic E-state index is 6.55. The van der Waals surface area contributed by atoms with Crippen LogP contribution in [0, 0.1) is 0 Å². The zero-order valence-electron chi connectivity index (χ0n) is 35.9. The van der Waals surface area contributed by atoms with Crippen LogP contribution in [0.2, 0.25) is 0 Å². The SMILES string of the molecule is c1ccc(-c2nc(-c3cccc(-n4c5cccc6c7cc(-c8cccc9oc%10ccccc%10c89)ccc7c7c8ccccc8cc4c7c65)c3)cc(-c3cccc4c3oc3ccccc34)n2)cc1.